The van der Waals surface area contributed by atoms with Crippen LogP contribution in [0.1, 0.15) is 29.1 Å². The summed E-state index contributed by atoms with van der Waals surface area (Å²) in [5.74, 6) is 0.992. The molecule has 1 N–H and O–H groups in total. The maximum absolute atomic E-state index is 11.9. The number of nitrogens with one attached hydrogen (secondary N) is 1. The minimum absolute atomic E-state index is 0.161. The average Bonchev–Trinajstić information content (AvgIpc) is 3.00. The molecular weight excluding hydrogens is 280 g/mol. The van der Waals surface area contributed by atoms with Crippen molar-refractivity contribution in [3.63, 3.8) is 0 Å². The number of anilines is 1. The van der Waals surface area contributed by atoms with Gasteiger partial charge in [0.05, 0.1) is 11.9 Å². The van der Waals surface area contributed by atoms with E-state index >= 15 is 0 Å². The van der Waals surface area contributed by atoms with Gasteiger partial charge in [0, 0.05) is 31.9 Å². The Morgan fingerprint density at radius 1 is 1.45 bits per heavy atom. The third-order valence-electron chi connectivity index (χ3n) is 4.04. The van der Waals surface area contributed by atoms with Crippen molar-refractivity contribution in [1.82, 2.24) is 15.5 Å². The number of hydrogen-bond acceptors (Lipinski definition) is 5. The summed E-state index contributed by atoms with van der Waals surface area (Å²) in [6, 6.07) is 5.70. The van der Waals surface area contributed by atoms with Crippen molar-refractivity contribution in [1.29, 1.82) is 0 Å². The molecule has 0 bridgehead atoms. The van der Waals surface area contributed by atoms with Gasteiger partial charge in [-0.1, -0.05) is 5.16 Å². The molecule has 0 atom stereocenters. The lowest BCUT2D eigenvalue weighted by molar-refractivity contribution is 0.0936. The molecule has 0 aliphatic carbocycles. The molecule has 0 spiro atoms. The first-order valence-electron chi connectivity index (χ1n) is 7.59. The Balaban J connectivity index is 1.45. The second-order valence-electron chi connectivity index (χ2n) is 5.67. The Hall–Kier alpha value is -2.37. The molecule has 116 valence electrons. The Morgan fingerprint density at radius 3 is 2.91 bits per heavy atom. The molecule has 6 nitrogen and oxygen atoms in total. The van der Waals surface area contributed by atoms with Crippen molar-refractivity contribution in [3.8, 4) is 0 Å². The van der Waals surface area contributed by atoms with Gasteiger partial charge in [0.25, 0.3) is 5.91 Å². The van der Waals surface area contributed by atoms with Crippen LogP contribution in [0.2, 0.25) is 0 Å². The van der Waals surface area contributed by atoms with Crippen LogP contribution in [-0.4, -0.2) is 35.7 Å². The van der Waals surface area contributed by atoms with Crippen LogP contribution in [0, 0.1) is 12.8 Å². The van der Waals surface area contributed by atoms with Gasteiger partial charge in [-0.15, -0.1) is 0 Å². The summed E-state index contributed by atoms with van der Waals surface area (Å²) in [5, 5.41) is 6.67. The van der Waals surface area contributed by atoms with Gasteiger partial charge in [-0.3, -0.25) is 9.78 Å². The fourth-order valence-corrected chi connectivity index (χ4v) is 2.74. The highest BCUT2D eigenvalue weighted by Gasteiger charge is 2.20. The molecule has 1 amide bonds. The van der Waals surface area contributed by atoms with Crippen molar-refractivity contribution < 1.29 is 9.32 Å². The zero-order valence-corrected chi connectivity index (χ0v) is 12.7. The van der Waals surface area contributed by atoms with Crippen molar-refractivity contribution in [2.24, 2.45) is 5.92 Å². The standard InChI is InChI=1S/C16H20N4O2/c1-12-9-15(19-22-12)16(21)18-10-13-4-7-20(8-5-13)14-3-2-6-17-11-14/h2-3,6,9,11,13H,4-5,7-8,10H2,1H3,(H,18,21). The highest BCUT2D eigenvalue weighted by Crippen LogP contribution is 2.22. The lowest BCUT2D eigenvalue weighted by atomic mass is 9.96. The van der Waals surface area contributed by atoms with E-state index in [2.05, 4.69) is 26.4 Å². The summed E-state index contributed by atoms with van der Waals surface area (Å²) in [7, 11) is 0. The second-order valence-corrected chi connectivity index (χ2v) is 5.67. The Bertz CT molecular complexity index is 618. The quantitative estimate of drug-likeness (QED) is 0.935. The number of pyridine rings is 1. The SMILES string of the molecule is Cc1cc(C(=O)NCC2CCN(c3cccnc3)CC2)no1. The molecule has 1 fully saturated rings. The first kappa shape index (κ1) is 14.6. The van der Waals surface area contributed by atoms with Gasteiger partial charge in [-0.2, -0.15) is 0 Å². The molecule has 2 aromatic heterocycles. The molecule has 0 saturated carbocycles. The van der Waals surface area contributed by atoms with Crippen LogP contribution in [0.15, 0.2) is 35.1 Å². The van der Waals surface area contributed by atoms with Crippen LogP contribution in [0.5, 0.6) is 0 Å². The predicted molar refractivity (Wildman–Crippen MR) is 82.7 cm³/mol. The minimum Gasteiger partial charge on any atom is -0.370 e. The number of rotatable bonds is 4. The van der Waals surface area contributed by atoms with Gasteiger partial charge < -0.3 is 14.7 Å². The molecule has 3 heterocycles. The number of carbonyl (C=O) groups excluding carboxylic acids is 1. The number of carbonyl (C=O) groups is 1. The summed E-state index contributed by atoms with van der Waals surface area (Å²) < 4.78 is 4.92. The molecule has 3 rings (SSSR count). The van der Waals surface area contributed by atoms with Crippen molar-refractivity contribution in [2.45, 2.75) is 19.8 Å². The number of aromatic nitrogens is 2. The van der Waals surface area contributed by atoms with Gasteiger partial charge in [0.1, 0.15) is 5.76 Å². The van der Waals surface area contributed by atoms with Crippen LogP contribution in [0.25, 0.3) is 0 Å². The molecule has 0 unspecified atom stereocenters. The van der Waals surface area contributed by atoms with Gasteiger partial charge in [0.15, 0.2) is 5.69 Å². The summed E-state index contributed by atoms with van der Waals surface area (Å²) >= 11 is 0. The Morgan fingerprint density at radius 2 is 2.27 bits per heavy atom. The van der Waals surface area contributed by atoms with E-state index in [9.17, 15) is 4.79 Å². The number of piperidine rings is 1. The van der Waals surface area contributed by atoms with Gasteiger partial charge in [0.2, 0.25) is 0 Å². The average molecular weight is 300 g/mol. The summed E-state index contributed by atoms with van der Waals surface area (Å²) in [6.07, 6.45) is 5.81. The van der Waals surface area contributed by atoms with E-state index in [0.29, 0.717) is 23.9 Å². The van der Waals surface area contributed by atoms with E-state index in [0.717, 1.165) is 25.9 Å². The molecule has 6 heteroatoms. The van der Waals surface area contributed by atoms with E-state index in [1.165, 1.54) is 5.69 Å². The van der Waals surface area contributed by atoms with Crippen LogP contribution in [0.4, 0.5) is 5.69 Å². The Kier molecular flexibility index (Phi) is 4.37. The summed E-state index contributed by atoms with van der Waals surface area (Å²) in [6.45, 7) is 4.45. The van der Waals surface area contributed by atoms with Crippen molar-refractivity contribution >= 4 is 11.6 Å². The predicted octanol–water partition coefficient (Wildman–Crippen LogP) is 2.02. The van der Waals surface area contributed by atoms with Crippen LogP contribution < -0.4 is 10.2 Å². The smallest absolute Gasteiger partial charge is 0.273 e. The lowest BCUT2D eigenvalue weighted by Gasteiger charge is -2.33. The van der Waals surface area contributed by atoms with Gasteiger partial charge in [-0.05, 0) is 37.8 Å². The van der Waals surface area contributed by atoms with Crippen molar-refractivity contribution in [2.75, 3.05) is 24.5 Å². The number of hydrogen-bond donors (Lipinski definition) is 1. The van der Waals surface area contributed by atoms with Crippen molar-refractivity contribution in [3.05, 3.63) is 42.0 Å². The number of aryl methyl sites for hydroxylation is 1. The molecular formula is C16H20N4O2. The fraction of sp³-hybridized carbons (Fsp3) is 0.438. The molecule has 0 radical (unpaired) electrons. The van der Waals surface area contributed by atoms with E-state index < -0.39 is 0 Å². The van der Waals surface area contributed by atoms with E-state index in [4.69, 9.17) is 4.52 Å². The molecule has 2 aromatic rings. The van der Waals surface area contributed by atoms with Crippen LogP contribution >= 0.6 is 0 Å². The highest BCUT2D eigenvalue weighted by molar-refractivity contribution is 5.92. The lowest BCUT2D eigenvalue weighted by Crippen LogP contribution is -2.38. The minimum atomic E-state index is -0.161. The van der Waals surface area contributed by atoms with E-state index in [1.54, 1.807) is 19.2 Å². The third kappa shape index (κ3) is 3.44. The largest absolute Gasteiger partial charge is 0.370 e. The molecule has 0 aromatic carbocycles. The topological polar surface area (TPSA) is 71.3 Å². The first-order valence-corrected chi connectivity index (χ1v) is 7.59. The summed E-state index contributed by atoms with van der Waals surface area (Å²) in [4.78, 5) is 18.4. The van der Waals surface area contributed by atoms with E-state index in [-0.39, 0.29) is 5.91 Å². The maximum Gasteiger partial charge on any atom is 0.273 e. The zero-order valence-electron chi connectivity index (χ0n) is 12.7. The Labute approximate surface area is 129 Å². The van der Waals surface area contributed by atoms with Crippen LogP contribution in [-0.2, 0) is 0 Å². The molecule has 1 saturated heterocycles. The molecule has 1 aliphatic heterocycles. The van der Waals surface area contributed by atoms with Gasteiger partial charge in [-0.25, -0.2) is 0 Å². The number of amides is 1. The maximum atomic E-state index is 11.9. The summed E-state index contributed by atoms with van der Waals surface area (Å²) in [5.41, 5.74) is 1.52. The van der Waals surface area contributed by atoms with E-state index in [1.807, 2.05) is 12.3 Å². The molecule has 1 aliphatic rings. The monoisotopic (exact) mass is 300 g/mol. The molecule has 22 heavy (non-hydrogen) atoms. The highest BCUT2D eigenvalue weighted by atomic mass is 16.5. The van der Waals surface area contributed by atoms with Crippen LogP contribution in [0.3, 0.4) is 0 Å². The second kappa shape index (κ2) is 6.60. The third-order valence-corrected chi connectivity index (χ3v) is 4.04. The fourth-order valence-electron chi connectivity index (χ4n) is 2.74. The first-order chi connectivity index (χ1) is 10.7. The normalized spacial score (nSPS) is 15.8. The zero-order chi connectivity index (χ0) is 15.4. The number of nitrogens with zero attached hydrogens (tertiary/aromatic N) is 3. The van der Waals surface area contributed by atoms with Gasteiger partial charge >= 0.3 is 0 Å².